The number of amides is 3. The zero-order valence-electron chi connectivity index (χ0n) is 18.3. The SMILES string of the molecule is CC(C)NC(=O)C(=O)N1CCN(C(=O)c2cnn(-c3ccc(Cl)cc3)c2C(C)C)CC1. The van der Waals surface area contributed by atoms with Crippen molar-refractivity contribution in [1.82, 2.24) is 24.9 Å². The highest BCUT2D eigenvalue weighted by molar-refractivity contribution is 6.35. The molecule has 1 saturated heterocycles. The van der Waals surface area contributed by atoms with Crippen LogP contribution in [0.1, 0.15) is 49.7 Å². The lowest BCUT2D eigenvalue weighted by Crippen LogP contribution is -2.54. The summed E-state index contributed by atoms with van der Waals surface area (Å²) < 4.78 is 1.77. The van der Waals surface area contributed by atoms with Gasteiger partial charge in [0.15, 0.2) is 0 Å². The fraction of sp³-hybridized carbons (Fsp3) is 0.455. The quantitative estimate of drug-likeness (QED) is 0.732. The van der Waals surface area contributed by atoms with E-state index in [0.717, 1.165) is 11.4 Å². The van der Waals surface area contributed by atoms with Crippen LogP contribution in [0.2, 0.25) is 5.02 Å². The number of hydrogen-bond donors (Lipinski definition) is 1. The number of benzene rings is 1. The summed E-state index contributed by atoms with van der Waals surface area (Å²) in [5.41, 5.74) is 2.20. The lowest BCUT2D eigenvalue weighted by Gasteiger charge is -2.34. The van der Waals surface area contributed by atoms with E-state index in [1.54, 1.807) is 41.8 Å². The monoisotopic (exact) mass is 445 g/mol. The summed E-state index contributed by atoms with van der Waals surface area (Å²) in [4.78, 5) is 40.7. The smallest absolute Gasteiger partial charge is 0.312 e. The average molecular weight is 446 g/mol. The Hall–Kier alpha value is -2.87. The van der Waals surface area contributed by atoms with Crippen molar-refractivity contribution in [3.63, 3.8) is 0 Å². The van der Waals surface area contributed by atoms with E-state index >= 15 is 0 Å². The molecule has 2 heterocycles. The first-order valence-corrected chi connectivity index (χ1v) is 10.8. The number of hydrogen-bond acceptors (Lipinski definition) is 4. The summed E-state index contributed by atoms with van der Waals surface area (Å²) in [5.74, 6) is -1.22. The number of nitrogens with zero attached hydrogens (tertiary/aromatic N) is 4. The van der Waals surface area contributed by atoms with Crippen LogP contribution in [0.3, 0.4) is 0 Å². The Bertz CT molecular complexity index is 960. The summed E-state index contributed by atoms with van der Waals surface area (Å²) in [6.07, 6.45) is 1.60. The summed E-state index contributed by atoms with van der Waals surface area (Å²) in [6.45, 7) is 9.01. The Balaban J connectivity index is 1.73. The fourth-order valence-corrected chi connectivity index (χ4v) is 3.74. The Labute approximate surface area is 187 Å². The van der Waals surface area contributed by atoms with E-state index in [4.69, 9.17) is 11.6 Å². The van der Waals surface area contributed by atoms with Gasteiger partial charge in [0.05, 0.1) is 23.1 Å². The summed E-state index contributed by atoms with van der Waals surface area (Å²) >= 11 is 5.99. The van der Waals surface area contributed by atoms with Gasteiger partial charge in [0.2, 0.25) is 0 Å². The largest absolute Gasteiger partial charge is 0.346 e. The van der Waals surface area contributed by atoms with E-state index < -0.39 is 11.8 Å². The van der Waals surface area contributed by atoms with Crippen molar-refractivity contribution in [2.24, 2.45) is 0 Å². The van der Waals surface area contributed by atoms with Gasteiger partial charge < -0.3 is 15.1 Å². The number of aromatic nitrogens is 2. The van der Waals surface area contributed by atoms with E-state index in [1.807, 2.05) is 26.0 Å². The number of carbonyl (C=O) groups is 3. The first-order chi connectivity index (χ1) is 14.7. The minimum Gasteiger partial charge on any atom is -0.346 e. The van der Waals surface area contributed by atoms with Crippen LogP contribution in [-0.4, -0.2) is 69.5 Å². The minimum atomic E-state index is -0.610. The zero-order valence-corrected chi connectivity index (χ0v) is 19.0. The number of carbonyl (C=O) groups excluding carboxylic acids is 3. The number of rotatable bonds is 4. The average Bonchev–Trinajstić information content (AvgIpc) is 3.18. The van der Waals surface area contributed by atoms with Gasteiger partial charge in [0.1, 0.15) is 0 Å². The third kappa shape index (κ3) is 5.07. The van der Waals surface area contributed by atoms with E-state index in [9.17, 15) is 14.4 Å². The molecule has 9 heteroatoms. The molecular weight excluding hydrogens is 418 g/mol. The number of halogens is 1. The van der Waals surface area contributed by atoms with Gasteiger partial charge in [0, 0.05) is 37.2 Å². The van der Waals surface area contributed by atoms with Crippen LogP contribution >= 0.6 is 11.6 Å². The number of nitrogens with one attached hydrogen (secondary N) is 1. The molecule has 0 spiro atoms. The van der Waals surface area contributed by atoms with Crippen LogP contribution in [0.5, 0.6) is 0 Å². The summed E-state index contributed by atoms with van der Waals surface area (Å²) in [6, 6.07) is 7.20. The normalized spacial score (nSPS) is 14.3. The fourth-order valence-electron chi connectivity index (χ4n) is 3.62. The van der Waals surface area contributed by atoms with Crippen molar-refractivity contribution in [3.8, 4) is 5.69 Å². The maximum Gasteiger partial charge on any atom is 0.312 e. The van der Waals surface area contributed by atoms with E-state index in [1.165, 1.54) is 4.90 Å². The van der Waals surface area contributed by atoms with Crippen LogP contribution in [0, 0.1) is 0 Å². The first kappa shape index (κ1) is 22.8. The van der Waals surface area contributed by atoms with Crippen LogP contribution < -0.4 is 5.32 Å². The van der Waals surface area contributed by atoms with Crippen molar-refractivity contribution < 1.29 is 14.4 Å². The molecule has 0 aliphatic carbocycles. The van der Waals surface area contributed by atoms with Crippen molar-refractivity contribution in [2.75, 3.05) is 26.2 Å². The molecule has 3 rings (SSSR count). The topological polar surface area (TPSA) is 87.5 Å². The molecule has 1 N–H and O–H groups in total. The van der Waals surface area contributed by atoms with Gasteiger partial charge in [-0.25, -0.2) is 4.68 Å². The molecule has 3 amide bonds. The maximum atomic E-state index is 13.2. The third-order valence-electron chi connectivity index (χ3n) is 5.12. The van der Waals surface area contributed by atoms with E-state index in [0.29, 0.717) is 36.8 Å². The number of piperazine rings is 1. The van der Waals surface area contributed by atoms with Crippen molar-refractivity contribution in [1.29, 1.82) is 0 Å². The highest BCUT2D eigenvalue weighted by atomic mass is 35.5. The molecule has 31 heavy (non-hydrogen) atoms. The molecule has 0 radical (unpaired) electrons. The van der Waals surface area contributed by atoms with Gasteiger partial charge in [0.25, 0.3) is 5.91 Å². The molecule has 166 valence electrons. The summed E-state index contributed by atoms with van der Waals surface area (Å²) in [7, 11) is 0. The molecule has 0 atom stereocenters. The second-order valence-electron chi connectivity index (χ2n) is 8.20. The predicted molar refractivity (Wildman–Crippen MR) is 118 cm³/mol. The van der Waals surface area contributed by atoms with Crippen LogP contribution in [0.15, 0.2) is 30.5 Å². The second-order valence-corrected chi connectivity index (χ2v) is 8.64. The third-order valence-corrected chi connectivity index (χ3v) is 5.38. The lowest BCUT2D eigenvalue weighted by atomic mass is 10.0. The molecule has 1 aliphatic rings. The highest BCUT2D eigenvalue weighted by Crippen LogP contribution is 2.25. The van der Waals surface area contributed by atoms with E-state index in [2.05, 4.69) is 10.4 Å². The van der Waals surface area contributed by atoms with Crippen molar-refractivity contribution in [3.05, 3.63) is 46.7 Å². The Kier molecular flexibility index (Phi) is 7.00. The summed E-state index contributed by atoms with van der Waals surface area (Å²) in [5, 5.41) is 7.70. The van der Waals surface area contributed by atoms with Gasteiger partial charge in [-0.1, -0.05) is 25.4 Å². The van der Waals surface area contributed by atoms with Gasteiger partial charge >= 0.3 is 11.8 Å². The van der Waals surface area contributed by atoms with Gasteiger partial charge in [-0.05, 0) is 44.0 Å². The lowest BCUT2D eigenvalue weighted by molar-refractivity contribution is -0.147. The molecule has 0 unspecified atom stereocenters. The van der Waals surface area contributed by atoms with Crippen molar-refractivity contribution in [2.45, 2.75) is 39.7 Å². The molecule has 0 bridgehead atoms. The molecule has 1 aliphatic heterocycles. The highest BCUT2D eigenvalue weighted by Gasteiger charge is 2.30. The van der Waals surface area contributed by atoms with Crippen LogP contribution in [0.4, 0.5) is 0 Å². The van der Waals surface area contributed by atoms with Crippen LogP contribution in [0.25, 0.3) is 5.69 Å². The Morgan fingerprint density at radius 1 is 0.968 bits per heavy atom. The maximum absolute atomic E-state index is 13.2. The minimum absolute atomic E-state index is 0.0692. The Morgan fingerprint density at radius 2 is 1.55 bits per heavy atom. The van der Waals surface area contributed by atoms with Gasteiger partial charge in [-0.3, -0.25) is 14.4 Å². The molecule has 1 aromatic carbocycles. The Morgan fingerprint density at radius 3 is 2.10 bits per heavy atom. The van der Waals surface area contributed by atoms with Gasteiger partial charge in [-0.15, -0.1) is 0 Å². The molecular formula is C22H28ClN5O3. The second kappa shape index (κ2) is 9.51. The first-order valence-electron chi connectivity index (χ1n) is 10.4. The zero-order chi connectivity index (χ0) is 22.7. The predicted octanol–water partition coefficient (Wildman–Crippen LogP) is 2.46. The standard InChI is InChI=1S/C22H28ClN5O3/c1-14(2)19-18(13-24-28(19)17-7-5-16(23)6-8-17)21(30)26-9-11-27(12-10-26)22(31)20(29)25-15(3)4/h5-8,13-15H,9-12H2,1-4H3,(H,25,29). The van der Waals surface area contributed by atoms with Crippen molar-refractivity contribution >= 4 is 29.3 Å². The molecule has 8 nitrogen and oxygen atoms in total. The van der Waals surface area contributed by atoms with Gasteiger partial charge in [-0.2, -0.15) is 5.10 Å². The molecule has 2 aromatic rings. The van der Waals surface area contributed by atoms with E-state index in [-0.39, 0.29) is 17.9 Å². The molecule has 1 fully saturated rings. The molecule has 0 saturated carbocycles. The molecule has 1 aromatic heterocycles. The van der Waals surface area contributed by atoms with Crippen LogP contribution in [-0.2, 0) is 9.59 Å².